The predicted molar refractivity (Wildman–Crippen MR) is 101 cm³/mol. The Morgan fingerprint density at radius 1 is 1.00 bits per heavy atom. The zero-order chi connectivity index (χ0) is 20.0. The van der Waals surface area contributed by atoms with Gasteiger partial charge in [-0.05, 0) is 52.0 Å². The van der Waals surface area contributed by atoms with Gasteiger partial charge in [0.1, 0.15) is 18.7 Å². The average molecular weight is 360 g/mol. The van der Waals surface area contributed by atoms with Gasteiger partial charge in [-0.3, -0.25) is 4.57 Å². The molecule has 27 heavy (non-hydrogen) atoms. The number of rotatable bonds is 6. The van der Waals surface area contributed by atoms with Gasteiger partial charge in [-0.1, -0.05) is 0 Å². The monoisotopic (exact) mass is 360 g/mol. The first kappa shape index (κ1) is 19.6. The number of hydrogen-bond donors (Lipinski definition) is 0. The van der Waals surface area contributed by atoms with Gasteiger partial charge in [-0.2, -0.15) is 20.8 Å². The van der Waals surface area contributed by atoms with E-state index < -0.39 is 0 Å². The van der Waals surface area contributed by atoms with E-state index in [1.165, 1.54) is 4.57 Å². The fraction of sp³-hybridized carbons (Fsp3) is 0.368. The van der Waals surface area contributed by atoms with E-state index >= 15 is 0 Å². The molecule has 0 aliphatic heterocycles. The molecular weight excluding hydrogens is 340 g/mol. The molecule has 136 valence electrons. The summed E-state index contributed by atoms with van der Waals surface area (Å²) >= 11 is 0. The van der Waals surface area contributed by atoms with E-state index in [-0.39, 0.29) is 23.9 Å². The Morgan fingerprint density at radius 2 is 1.63 bits per heavy atom. The van der Waals surface area contributed by atoms with Gasteiger partial charge in [0.05, 0.1) is 11.8 Å². The first-order valence-electron chi connectivity index (χ1n) is 8.50. The van der Waals surface area contributed by atoms with Crippen LogP contribution in [0, 0.1) is 34.0 Å². The number of imidazole rings is 1. The number of nitrogens with zero attached hydrogens (tertiary/aromatic N) is 8. The summed E-state index contributed by atoms with van der Waals surface area (Å²) in [5.41, 5.74) is 1.63. The summed E-state index contributed by atoms with van der Waals surface area (Å²) in [7, 11) is 0. The van der Waals surface area contributed by atoms with Crippen LogP contribution in [0.25, 0.3) is 0 Å². The van der Waals surface area contributed by atoms with Crippen molar-refractivity contribution in [2.75, 3.05) is 4.90 Å². The molecule has 1 aromatic carbocycles. The molecule has 2 aromatic rings. The highest BCUT2D eigenvalue weighted by Crippen LogP contribution is 2.25. The third kappa shape index (κ3) is 4.29. The number of anilines is 1. The van der Waals surface area contributed by atoms with E-state index in [0.29, 0.717) is 17.8 Å². The van der Waals surface area contributed by atoms with E-state index in [0.717, 1.165) is 5.69 Å². The van der Waals surface area contributed by atoms with Gasteiger partial charge in [0, 0.05) is 17.8 Å². The zero-order valence-corrected chi connectivity index (χ0v) is 15.7. The Labute approximate surface area is 158 Å². The van der Waals surface area contributed by atoms with E-state index in [2.05, 4.69) is 47.8 Å². The van der Waals surface area contributed by atoms with Gasteiger partial charge in [-0.25, -0.2) is 0 Å². The molecule has 2 rings (SSSR count). The molecule has 0 N–H and O–H groups in total. The normalized spacial score (nSPS) is 10.8. The van der Waals surface area contributed by atoms with Crippen LogP contribution in [0.2, 0.25) is 0 Å². The fourth-order valence-corrected chi connectivity index (χ4v) is 2.92. The van der Waals surface area contributed by atoms with Crippen LogP contribution in [0.3, 0.4) is 0 Å². The lowest BCUT2D eigenvalue weighted by Crippen LogP contribution is -2.36. The van der Waals surface area contributed by atoms with Crippen molar-refractivity contribution in [3.05, 3.63) is 35.7 Å². The van der Waals surface area contributed by atoms with Crippen LogP contribution in [0.5, 0.6) is 0 Å². The summed E-state index contributed by atoms with van der Waals surface area (Å²) in [5.74, 6) is 0.0553. The van der Waals surface area contributed by atoms with Crippen molar-refractivity contribution in [3.8, 4) is 18.2 Å². The maximum absolute atomic E-state index is 9.18. The van der Waals surface area contributed by atoms with Crippen molar-refractivity contribution in [2.24, 2.45) is 10.2 Å². The summed E-state index contributed by atoms with van der Waals surface area (Å²) in [6.07, 6.45) is 0. The Morgan fingerprint density at radius 3 is 2.11 bits per heavy atom. The second kappa shape index (κ2) is 8.60. The van der Waals surface area contributed by atoms with Crippen LogP contribution in [-0.2, 0) is 6.54 Å². The largest absolute Gasteiger partial charge is 0.367 e. The van der Waals surface area contributed by atoms with Crippen molar-refractivity contribution >= 4 is 17.3 Å². The number of aromatic nitrogens is 2. The highest BCUT2D eigenvalue weighted by atomic mass is 15.3. The highest BCUT2D eigenvalue weighted by Gasteiger charge is 2.17. The summed E-state index contributed by atoms with van der Waals surface area (Å²) in [6, 6.07) is 14.0. The molecule has 0 radical (unpaired) electrons. The fourth-order valence-electron chi connectivity index (χ4n) is 2.92. The molecule has 0 fully saturated rings. The molecular formula is C19H20N8. The van der Waals surface area contributed by atoms with Gasteiger partial charge < -0.3 is 4.90 Å². The van der Waals surface area contributed by atoms with Crippen molar-refractivity contribution in [1.29, 1.82) is 15.8 Å². The minimum absolute atomic E-state index is 0.00727. The minimum atomic E-state index is -0.136. The smallest absolute Gasteiger partial charge is 0.252 e. The summed E-state index contributed by atoms with van der Waals surface area (Å²) in [5, 5.41) is 35.3. The zero-order valence-electron chi connectivity index (χ0n) is 15.7. The average Bonchev–Trinajstić information content (AvgIpc) is 2.97. The Bertz CT molecular complexity index is 938. The quantitative estimate of drug-likeness (QED) is 0.716. The Kier molecular flexibility index (Phi) is 6.25. The first-order chi connectivity index (χ1) is 12.9. The molecule has 0 aliphatic carbocycles. The maximum atomic E-state index is 9.18. The Balaban J connectivity index is 2.32. The number of nitriles is 3. The molecule has 1 heterocycles. The molecule has 0 atom stereocenters. The third-order valence-electron chi connectivity index (χ3n) is 3.90. The van der Waals surface area contributed by atoms with Gasteiger partial charge >= 0.3 is 0 Å². The number of hydrogen-bond acceptors (Lipinski definition) is 7. The second-order valence-electron chi connectivity index (χ2n) is 6.39. The van der Waals surface area contributed by atoms with Crippen molar-refractivity contribution in [2.45, 2.75) is 46.3 Å². The summed E-state index contributed by atoms with van der Waals surface area (Å²) < 4.78 is 1.27. The standard InChI is InChI=1S/C19H20N8/c1-13(2)27(14(3)4)16-7-5-15(6-8-16)24-25-19-23-17(11-21)18(12-22)26(19)10-9-20/h5-8,13-14H,10H2,1-4H3. The topological polar surface area (TPSA) is 117 Å². The van der Waals surface area contributed by atoms with E-state index in [1.54, 1.807) is 0 Å². The van der Waals surface area contributed by atoms with E-state index in [9.17, 15) is 5.26 Å². The van der Waals surface area contributed by atoms with Crippen LogP contribution >= 0.6 is 0 Å². The van der Waals surface area contributed by atoms with Crippen molar-refractivity contribution < 1.29 is 0 Å². The van der Waals surface area contributed by atoms with Crippen LogP contribution < -0.4 is 4.90 Å². The molecule has 0 aliphatic rings. The predicted octanol–water partition coefficient (Wildman–Crippen LogP) is 4.19. The van der Waals surface area contributed by atoms with Gasteiger partial charge in [-0.15, -0.1) is 10.2 Å². The molecule has 0 saturated heterocycles. The summed E-state index contributed by atoms with van der Waals surface area (Å²) in [4.78, 5) is 6.28. The molecule has 8 nitrogen and oxygen atoms in total. The van der Waals surface area contributed by atoms with Crippen molar-refractivity contribution in [1.82, 2.24) is 9.55 Å². The second-order valence-corrected chi connectivity index (χ2v) is 6.39. The lowest BCUT2D eigenvalue weighted by Gasteiger charge is -2.33. The maximum Gasteiger partial charge on any atom is 0.252 e. The molecule has 0 spiro atoms. The van der Waals surface area contributed by atoms with Gasteiger partial charge in [0.2, 0.25) is 0 Å². The van der Waals surface area contributed by atoms with Crippen LogP contribution in [0.1, 0.15) is 39.1 Å². The van der Waals surface area contributed by atoms with Gasteiger partial charge in [0.15, 0.2) is 11.4 Å². The molecule has 0 unspecified atom stereocenters. The van der Waals surface area contributed by atoms with Crippen LogP contribution in [0.4, 0.5) is 17.3 Å². The Hall–Kier alpha value is -3.70. The first-order valence-corrected chi connectivity index (χ1v) is 8.50. The van der Waals surface area contributed by atoms with E-state index in [4.69, 9.17) is 10.5 Å². The molecule has 0 bridgehead atoms. The SMILES string of the molecule is CC(C)N(c1ccc(N=Nc2nc(C#N)c(C#N)n2CC#N)cc1)C(C)C. The van der Waals surface area contributed by atoms with Crippen molar-refractivity contribution in [3.63, 3.8) is 0 Å². The van der Waals surface area contributed by atoms with Crippen LogP contribution in [-0.4, -0.2) is 21.6 Å². The molecule has 0 saturated carbocycles. The lowest BCUT2D eigenvalue weighted by atomic mass is 10.2. The highest BCUT2D eigenvalue weighted by molar-refractivity contribution is 5.54. The van der Waals surface area contributed by atoms with E-state index in [1.807, 2.05) is 42.5 Å². The summed E-state index contributed by atoms with van der Waals surface area (Å²) in [6.45, 7) is 8.43. The lowest BCUT2D eigenvalue weighted by molar-refractivity contribution is 0.608. The third-order valence-corrected chi connectivity index (χ3v) is 3.90. The van der Waals surface area contributed by atoms with Gasteiger partial charge in [0.25, 0.3) is 5.95 Å². The number of azo groups is 1. The van der Waals surface area contributed by atoms with Crippen LogP contribution in [0.15, 0.2) is 34.5 Å². The minimum Gasteiger partial charge on any atom is -0.367 e. The number of benzene rings is 1. The molecule has 0 amide bonds. The molecule has 8 heteroatoms. The molecule has 1 aromatic heterocycles.